The van der Waals surface area contributed by atoms with E-state index in [1.54, 1.807) is 25.1 Å². The van der Waals surface area contributed by atoms with E-state index in [0.29, 0.717) is 35.8 Å². The molecule has 0 radical (unpaired) electrons. The molecule has 0 aliphatic carbocycles. The van der Waals surface area contributed by atoms with Crippen molar-refractivity contribution in [1.29, 1.82) is 0 Å². The first-order chi connectivity index (χ1) is 8.61. The number of nitrogens with one attached hydrogen (secondary N) is 1. The van der Waals surface area contributed by atoms with Crippen LogP contribution in [-0.2, 0) is 4.79 Å². The second kappa shape index (κ2) is 5.59. The lowest BCUT2D eigenvalue weighted by molar-refractivity contribution is -0.122. The minimum Gasteiger partial charge on any atom is -0.493 e. The Kier molecular flexibility index (Phi) is 4.09. The van der Waals surface area contributed by atoms with E-state index in [4.69, 9.17) is 16.3 Å². The molecule has 18 heavy (non-hydrogen) atoms. The van der Waals surface area contributed by atoms with Crippen molar-refractivity contribution in [3.05, 3.63) is 28.8 Å². The molecule has 1 aliphatic rings. The Balaban J connectivity index is 2.25. The minimum atomic E-state index is -0.795. The number of fused-ring (bicyclic) bond motifs is 1. The van der Waals surface area contributed by atoms with Crippen LogP contribution in [0, 0.1) is 0 Å². The summed E-state index contributed by atoms with van der Waals surface area (Å²) in [6.07, 6.45) is 0.169. The van der Waals surface area contributed by atoms with Crippen molar-refractivity contribution in [3.63, 3.8) is 0 Å². The number of hydrogen-bond acceptors (Lipinski definition) is 3. The molecule has 1 aliphatic heterocycles. The Labute approximate surface area is 111 Å². The second-order valence-electron chi connectivity index (χ2n) is 4.29. The van der Waals surface area contributed by atoms with E-state index >= 15 is 0 Å². The Morgan fingerprint density at radius 1 is 1.61 bits per heavy atom. The van der Waals surface area contributed by atoms with Gasteiger partial charge in [-0.2, -0.15) is 0 Å². The summed E-state index contributed by atoms with van der Waals surface area (Å²) in [7, 11) is 0. The summed E-state index contributed by atoms with van der Waals surface area (Å²) in [5.74, 6) is 0.546. The zero-order chi connectivity index (χ0) is 13.1. The van der Waals surface area contributed by atoms with Gasteiger partial charge >= 0.3 is 0 Å². The number of amides is 1. The fourth-order valence-electron chi connectivity index (χ4n) is 2.01. The van der Waals surface area contributed by atoms with E-state index in [9.17, 15) is 9.90 Å². The van der Waals surface area contributed by atoms with Crippen LogP contribution in [0.4, 0.5) is 0 Å². The van der Waals surface area contributed by atoms with Crippen molar-refractivity contribution >= 4 is 17.5 Å². The van der Waals surface area contributed by atoms with Gasteiger partial charge in [0, 0.05) is 23.4 Å². The lowest BCUT2D eigenvalue weighted by Crippen LogP contribution is -2.39. The van der Waals surface area contributed by atoms with Crippen molar-refractivity contribution in [2.75, 3.05) is 6.61 Å². The van der Waals surface area contributed by atoms with Gasteiger partial charge in [0.2, 0.25) is 5.91 Å². The van der Waals surface area contributed by atoms with Crippen LogP contribution in [0.25, 0.3) is 0 Å². The molecule has 2 rings (SSSR count). The van der Waals surface area contributed by atoms with E-state index in [-0.39, 0.29) is 11.9 Å². The molecule has 0 saturated heterocycles. The molecule has 5 heteroatoms. The molecule has 0 spiro atoms. The first-order valence-electron chi connectivity index (χ1n) is 6.01. The Morgan fingerprint density at radius 2 is 2.39 bits per heavy atom. The third-order valence-electron chi connectivity index (χ3n) is 3.03. The molecule has 1 heterocycles. The zero-order valence-electron chi connectivity index (χ0n) is 10.1. The van der Waals surface area contributed by atoms with Gasteiger partial charge < -0.3 is 15.2 Å². The van der Waals surface area contributed by atoms with Gasteiger partial charge in [0.15, 0.2) is 0 Å². The summed E-state index contributed by atoms with van der Waals surface area (Å²) >= 11 is 5.92. The van der Waals surface area contributed by atoms with Gasteiger partial charge in [-0.15, -0.1) is 0 Å². The summed E-state index contributed by atoms with van der Waals surface area (Å²) in [6.45, 7) is 2.24. The number of aliphatic hydroxyl groups excluding tert-OH is 1. The van der Waals surface area contributed by atoms with Gasteiger partial charge in [0.1, 0.15) is 11.9 Å². The van der Waals surface area contributed by atoms with Crippen molar-refractivity contribution < 1.29 is 14.6 Å². The number of carbonyl (C=O) groups excluding carboxylic acids is 1. The standard InChI is InChI=1S/C13H16ClNO3/c1-2-12(16)15-10-5-6-18-11-4-3-8(14)7-9(11)13(10)17/h3-4,7,10,13,17H,2,5-6H2,1H3,(H,15,16). The van der Waals surface area contributed by atoms with Crippen molar-refractivity contribution in [1.82, 2.24) is 5.32 Å². The maximum atomic E-state index is 11.4. The van der Waals surface area contributed by atoms with Gasteiger partial charge in [-0.05, 0) is 18.2 Å². The quantitative estimate of drug-likeness (QED) is 0.864. The van der Waals surface area contributed by atoms with Crippen LogP contribution in [0.1, 0.15) is 31.4 Å². The summed E-state index contributed by atoms with van der Waals surface area (Å²) < 4.78 is 5.55. The molecule has 1 amide bonds. The van der Waals surface area contributed by atoms with Crippen LogP contribution < -0.4 is 10.1 Å². The highest BCUT2D eigenvalue weighted by molar-refractivity contribution is 6.30. The molecule has 0 bridgehead atoms. The first-order valence-corrected chi connectivity index (χ1v) is 6.39. The molecular weight excluding hydrogens is 254 g/mol. The molecule has 98 valence electrons. The SMILES string of the molecule is CCC(=O)NC1CCOc2ccc(Cl)cc2C1O. The van der Waals surface area contributed by atoms with E-state index in [2.05, 4.69) is 5.32 Å². The lowest BCUT2D eigenvalue weighted by atomic mass is 10.00. The molecule has 0 saturated carbocycles. The Morgan fingerprint density at radius 3 is 3.11 bits per heavy atom. The number of benzene rings is 1. The van der Waals surface area contributed by atoms with Gasteiger partial charge in [-0.3, -0.25) is 4.79 Å². The zero-order valence-corrected chi connectivity index (χ0v) is 10.9. The molecular formula is C13H16ClNO3. The minimum absolute atomic E-state index is 0.0791. The fraction of sp³-hybridized carbons (Fsp3) is 0.462. The monoisotopic (exact) mass is 269 g/mol. The van der Waals surface area contributed by atoms with Gasteiger partial charge in [0.05, 0.1) is 12.6 Å². The third kappa shape index (κ3) is 2.76. The highest BCUT2D eigenvalue weighted by Gasteiger charge is 2.28. The number of aliphatic hydroxyl groups is 1. The predicted molar refractivity (Wildman–Crippen MR) is 68.7 cm³/mol. The van der Waals surface area contributed by atoms with Crippen LogP contribution in [0.3, 0.4) is 0 Å². The molecule has 0 aromatic heterocycles. The summed E-state index contributed by atoms with van der Waals surface area (Å²) in [5.41, 5.74) is 0.626. The largest absolute Gasteiger partial charge is 0.493 e. The number of carbonyl (C=O) groups is 1. The lowest BCUT2D eigenvalue weighted by Gasteiger charge is -2.21. The predicted octanol–water partition coefficient (Wildman–Crippen LogP) is 2.05. The smallest absolute Gasteiger partial charge is 0.220 e. The van der Waals surface area contributed by atoms with Crippen LogP contribution in [-0.4, -0.2) is 23.7 Å². The Bertz CT molecular complexity index is 450. The topological polar surface area (TPSA) is 58.6 Å². The molecule has 2 unspecified atom stereocenters. The van der Waals surface area contributed by atoms with Gasteiger partial charge in [0.25, 0.3) is 0 Å². The number of hydrogen-bond donors (Lipinski definition) is 2. The average molecular weight is 270 g/mol. The van der Waals surface area contributed by atoms with Crippen molar-refractivity contribution in [2.45, 2.75) is 31.9 Å². The molecule has 2 atom stereocenters. The summed E-state index contributed by atoms with van der Waals surface area (Å²) in [5, 5.41) is 13.7. The van der Waals surface area contributed by atoms with Crippen LogP contribution >= 0.6 is 11.6 Å². The number of halogens is 1. The third-order valence-corrected chi connectivity index (χ3v) is 3.26. The second-order valence-corrected chi connectivity index (χ2v) is 4.73. The van der Waals surface area contributed by atoms with Gasteiger partial charge in [-0.1, -0.05) is 18.5 Å². The highest BCUT2D eigenvalue weighted by atomic mass is 35.5. The van der Waals surface area contributed by atoms with Crippen LogP contribution in [0.2, 0.25) is 5.02 Å². The van der Waals surface area contributed by atoms with Crippen LogP contribution in [0.5, 0.6) is 5.75 Å². The maximum Gasteiger partial charge on any atom is 0.220 e. The first kappa shape index (κ1) is 13.2. The number of rotatable bonds is 2. The molecule has 4 nitrogen and oxygen atoms in total. The van der Waals surface area contributed by atoms with Crippen LogP contribution in [0.15, 0.2) is 18.2 Å². The Hall–Kier alpha value is -1.26. The van der Waals surface area contributed by atoms with Gasteiger partial charge in [-0.25, -0.2) is 0 Å². The highest BCUT2D eigenvalue weighted by Crippen LogP contribution is 2.33. The molecule has 1 aromatic carbocycles. The summed E-state index contributed by atoms with van der Waals surface area (Å²) in [4.78, 5) is 11.4. The fourth-order valence-corrected chi connectivity index (χ4v) is 2.19. The average Bonchev–Trinajstić information content (AvgIpc) is 2.51. The molecule has 0 fully saturated rings. The normalized spacial score (nSPS) is 22.6. The maximum absolute atomic E-state index is 11.4. The van der Waals surface area contributed by atoms with E-state index in [1.165, 1.54) is 0 Å². The molecule has 1 aromatic rings. The van der Waals surface area contributed by atoms with E-state index < -0.39 is 6.10 Å². The summed E-state index contributed by atoms with van der Waals surface area (Å²) in [6, 6.07) is 4.80. The van der Waals surface area contributed by atoms with E-state index in [0.717, 1.165) is 0 Å². The van der Waals surface area contributed by atoms with Crippen molar-refractivity contribution in [3.8, 4) is 5.75 Å². The molecule has 2 N–H and O–H groups in total. The van der Waals surface area contributed by atoms with Crippen molar-refractivity contribution in [2.24, 2.45) is 0 Å². The van der Waals surface area contributed by atoms with E-state index in [1.807, 2.05) is 0 Å². The number of ether oxygens (including phenoxy) is 1.